The summed E-state index contributed by atoms with van der Waals surface area (Å²) in [5.74, 6) is -0.666. The average Bonchev–Trinajstić information content (AvgIpc) is 2.35. The van der Waals surface area contributed by atoms with E-state index in [1.165, 1.54) is 24.5 Å². The van der Waals surface area contributed by atoms with Gasteiger partial charge in [-0.3, -0.25) is 9.71 Å². The van der Waals surface area contributed by atoms with Crippen LogP contribution in [0.25, 0.3) is 0 Å². The first-order valence-electron chi connectivity index (χ1n) is 5.38. The molecule has 1 aromatic heterocycles. The summed E-state index contributed by atoms with van der Waals surface area (Å²) < 4.78 is 39.8. The molecule has 0 bridgehead atoms. The standard InChI is InChI=1S/C12H12FN3O2S/c1-8-7-15-5-4-11(8)16-19(17,18)12-6-9(13)2-3-10(12)14/h2-7H,14H2,1H3,(H,15,16). The zero-order valence-electron chi connectivity index (χ0n) is 10.1. The van der Waals surface area contributed by atoms with Crippen molar-refractivity contribution in [2.75, 3.05) is 10.5 Å². The van der Waals surface area contributed by atoms with Crippen molar-refractivity contribution in [2.24, 2.45) is 0 Å². The normalized spacial score (nSPS) is 11.3. The highest BCUT2D eigenvalue weighted by atomic mass is 32.2. The fraction of sp³-hybridized carbons (Fsp3) is 0.0833. The van der Waals surface area contributed by atoms with Crippen LogP contribution < -0.4 is 10.5 Å². The first kappa shape index (κ1) is 13.3. The van der Waals surface area contributed by atoms with Gasteiger partial charge in [0, 0.05) is 12.4 Å². The molecule has 0 unspecified atom stereocenters. The molecular formula is C12H12FN3O2S. The number of aryl methyl sites for hydroxylation is 1. The highest BCUT2D eigenvalue weighted by molar-refractivity contribution is 7.92. The van der Waals surface area contributed by atoms with Gasteiger partial charge in [-0.25, -0.2) is 12.8 Å². The topological polar surface area (TPSA) is 85.1 Å². The van der Waals surface area contributed by atoms with E-state index in [-0.39, 0.29) is 10.6 Å². The Kier molecular flexibility index (Phi) is 3.39. The summed E-state index contributed by atoms with van der Waals surface area (Å²) in [7, 11) is -3.93. The maximum atomic E-state index is 13.1. The minimum Gasteiger partial charge on any atom is -0.398 e. The summed E-state index contributed by atoms with van der Waals surface area (Å²) in [6.07, 6.45) is 2.98. The Morgan fingerprint density at radius 3 is 2.74 bits per heavy atom. The fourth-order valence-corrected chi connectivity index (χ4v) is 2.80. The second kappa shape index (κ2) is 4.85. The molecule has 0 aliphatic rings. The van der Waals surface area contributed by atoms with Gasteiger partial charge in [0.25, 0.3) is 10.0 Å². The first-order chi connectivity index (χ1) is 8.90. The number of nitrogens with zero attached hydrogens (tertiary/aromatic N) is 1. The zero-order valence-corrected chi connectivity index (χ0v) is 10.9. The van der Waals surface area contributed by atoms with Crippen LogP contribution in [0, 0.1) is 12.7 Å². The molecule has 0 aliphatic carbocycles. The summed E-state index contributed by atoms with van der Waals surface area (Å²) in [6, 6.07) is 4.71. The van der Waals surface area contributed by atoms with E-state index in [0.29, 0.717) is 11.3 Å². The molecule has 0 aliphatic heterocycles. The van der Waals surface area contributed by atoms with Crippen molar-refractivity contribution in [2.45, 2.75) is 11.8 Å². The lowest BCUT2D eigenvalue weighted by atomic mass is 10.3. The molecule has 1 heterocycles. The average molecular weight is 281 g/mol. The van der Waals surface area contributed by atoms with Crippen molar-refractivity contribution in [3.8, 4) is 0 Å². The van der Waals surface area contributed by atoms with Crippen LogP contribution in [-0.2, 0) is 10.0 Å². The molecule has 2 aromatic rings. The van der Waals surface area contributed by atoms with Gasteiger partial charge in [0.1, 0.15) is 10.7 Å². The number of benzene rings is 1. The molecule has 0 fully saturated rings. The quantitative estimate of drug-likeness (QED) is 0.842. The molecule has 19 heavy (non-hydrogen) atoms. The molecule has 7 heteroatoms. The van der Waals surface area contributed by atoms with E-state index < -0.39 is 15.8 Å². The fourth-order valence-electron chi connectivity index (χ4n) is 1.53. The van der Waals surface area contributed by atoms with Crippen LogP contribution in [0.5, 0.6) is 0 Å². The maximum absolute atomic E-state index is 13.1. The number of pyridine rings is 1. The van der Waals surface area contributed by atoms with Crippen molar-refractivity contribution in [3.63, 3.8) is 0 Å². The van der Waals surface area contributed by atoms with E-state index in [0.717, 1.165) is 12.1 Å². The van der Waals surface area contributed by atoms with Crippen LogP contribution in [0.3, 0.4) is 0 Å². The second-order valence-corrected chi connectivity index (χ2v) is 5.63. The number of halogens is 1. The van der Waals surface area contributed by atoms with Crippen molar-refractivity contribution in [1.82, 2.24) is 4.98 Å². The molecule has 2 rings (SSSR count). The van der Waals surface area contributed by atoms with Crippen molar-refractivity contribution in [1.29, 1.82) is 0 Å². The number of anilines is 2. The predicted octanol–water partition coefficient (Wildman–Crippen LogP) is 1.91. The Hall–Kier alpha value is -2.15. The van der Waals surface area contributed by atoms with Gasteiger partial charge >= 0.3 is 0 Å². The SMILES string of the molecule is Cc1cnccc1NS(=O)(=O)c1cc(F)ccc1N. The van der Waals surface area contributed by atoms with Gasteiger partial charge in [-0.05, 0) is 36.8 Å². The van der Waals surface area contributed by atoms with Gasteiger partial charge in [0.15, 0.2) is 0 Å². The van der Waals surface area contributed by atoms with Crippen molar-refractivity contribution in [3.05, 3.63) is 48.0 Å². The van der Waals surface area contributed by atoms with Gasteiger partial charge in [0.05, 0.1) is 11.4 Å². The van der Waals surface area contributed by atoms with Gasteiger partial charge in [-0.15, -0.1) is 0 Å². The van der Waals surface area contributed by atoms with Crippen molar-refractivity contribution >= 4 is 21.4 Å². The molecule has 1 aromatic carbocycles. The number of nitrogens with one attached hydrogen (secondary N) is 1. The molecule has 0 amide bonds. The predicted molar refractivity (Wildman–Crippen MR) is 70.6 cm³/mol. The number of hydrogen-bond donors (Lipinski definition) is 2. The molecular weight excluding hydrogens is 269 g/mol. The summed E-state index contributed by atoms with van der Waals surface area (Å²) in [5, 5.41) is 0. The number of nitrogens with two attached hydrogens (primary N) is 1. The lowest BCUT2D eigenvalue weighted by Crippen LogP contribution is -2.15. The molecule has 0 saturated heterocycles. The molecule has 100 valence electrons. The van der Waals surface area contributed by atoms with Crippen LogP contribution in [0.1, 0.15) is 5.56 Å². The number of sulfonamides is 1. The Balaban J connectivity index is 2.44. The van der Waals surface area contributed by atoms with Crippen LogP contribution in [-0.4, -0.2) is 13.4 Å². The molecule has 3 N–H and O–H groups in total. The Morgan fingerprint density at radius 1 is 1.32 bits per heavy atom. The Morgan fingerprint density at radius 2 is 2.05 bits per heavy atom. The maximum Gasteiger partial charge on any atom is 0.264 e. The minimum atomic E-state index is -3.93. The summed E-state index contributed by atoms with van der Waals surface area (Å²) >= 11 is 0. The van der Waals surface area contributed by atoms with Crippen LogP contribution >= 0.6 is 0 Å². The number of aromatic nitrogens is 1. The molecule has 0 saturated carbocycles. The molecule has 0 atom stereocenters. The largest absolute Gasteiger partial charge is 0.398 e. The number of nitrogen functional groups attached to an aromatic ring is 1. The second-order valence-electron chi connectivity index (χ2n) is 3.98. The third-order valence-corrected chi connectivity index (χ3v) is 3.95. The summed E-state index contributed by atoms with van der Waals surface area (Å²) in [6.45, 7) is 1.71. The lowest BCUT2D eigenvalue weighted by Gasteiger charge is -2.11. The third-order valence-electron chi connectivity index (χ3n) is 2.53. The van der Waals surface area contributed by atoms with E-state index >= 15 is 0 Å². The van der Waals surface area contributed by atoms with Gasteiger partial charge < -0.3 is 5.73 Å². The van der Waals surface area contributed by atoms with Crippen LogP contribution in [0.2, 0.25) is 0 Å². The van der Waals surface area contributed by atoms with Crippen LogP contribution in [0.4, 0.5) is 15.8 Å². The Labute approximate surface area is 110 Å². The number of rotatable bonds is 3. The first-order valence-corrected chi connectivity index (χ1v) is 6.87. The molecule has 5 nitrogen and oxygen atoms in total. The summed E-state index contributed by atoms with van der Waals surface area (Å²) in [5.41, 5.74) is 6.58. The zero-order chi connectivity index (χ0) is 14.0. The molecule has 0 radical (unpaired) electrons. The monoisotopic (exact) mass is 281 g/mol. The highest BCUT2D eigenvalue weighted by Gasteiger charge is 2.19. The lowest BCUT2D eigenvalue weighted by molar-refractivity contribution is 0.596. The van der Waals surface area contributed by atoms with Crippen LogP contribution in [0.15, 0.2) is 41.6 Å². The van der Waals surface area contributed by atoms with Crippen molar-refractivity contribution < 1.29 is 12.8 Å². The molecule has 0 spiro atoms. The highest BCUT2D eigenvalue weighted by Crippen LogP contribution is 2.23. The van der Waals surface area contributed by atoms with E-state index in [2.05, 4.69) is 9.71 Å². The Bertz CT molecular complexity index is 717. The van der Waals surface area contributed by atoms with Gasteiger partial charge in [-0.2, -0.15) is 0 Å². The van der Waals surface area contributed by atoms with E-state index in [9.17, 15) is 12.8 Å². The smallest absolute Gasteiger partial charge is 0.264 e. The van der Waals surface area contributed by atoms with E-state index in [4.69, 9.17) is 5.73 Å². The van der Waals surface area contributed by atoms with Gasteiger partial charge in [0.2, 0.25) is 0 Å². The van der Waals surface area contributed by atoms with E-state index in [1.807, 2.05) is 0 Å². The number of hydrogen-bond acceptors (Lipinski definition) is 4. The minimum absolute atomic E-state index is 0.0133. The third kappa shape index (κ3) is 2.82. The van der Waals surface area contributed by atoms with E-state index in [1.54, 1.807) is 6.92 Å². The van der Waals surface area contributed by atoms with Gasteiger partial charge in [-0.1, -0.05) is 0 Å². The summed E-state index contributed by atoms with van der Waals surface area (Å²) in [4.78, 5) is 3.57.